The van der Waals surface area contributed by atoms with Crippen LogP contribution in [0.15, 0.2) is 47.3 Å². The molecule has 0 saturated heterocycles. The Hall–Kier alpha value is -4.15. The van der Waals surface area contributed by atoms with Crippen LogP contribution in [0.3, 0.4) is 0 Å². The summed E-state index contributed by atoms with van der Waals surface area (Å²) in [5.41, 5.74) is -1.73. The Morgan fingerprint density at radius 3 is 2.17 bits per heavy atom. The summed E-state index contributed by atoms with van der Waals surface area (Å²) in [7, 11) is 2.44. The van der Waals surface area contributed by atoms with Gasteiger partial charge < -0.3 is 19.2 Å². The van der Waals surface area contributed by atoms with Crippen molar-refractivity contribution in [1.29, 1.82) is 0 Å². The van der Waals surface area contributed by atoms with Crippen molar-refractivity contribution in [2.45, 2.75) is 13.1 Å². The number of halogens is 6. The Morgan fingerprint density at radius 2 is 1.53 bits per heavy atom. The molecule has 0 fully saturated rings. The Kier molecular flexibility index (Phi) is 6.33. The molecule has 0 spiro atoms. The van der Waals surface area contributed by atoms with E-state index < -0.39 is 51.9 Å². The molecule has 0 unspecified atom stereocenters. The number of fused-ring (bicyclic) bond motifs is 1. The fourth-order valence-corrected chi connectivity index (χ4v) is 3.83. The predicted octanol–water partition coefficient (Wildman–Crippen LogP) is 6.75. The summed E-state index contributed by atoms with van der Waals surface area (Å²) in [5, 5.41) is 0.259. The van der Waals surface area contributed by atoms with Crippen LogP contribution in [-0.4, -0.2) is 19.2 Å². The Bertz CT molecular complexity index is 1550. The van der Waals surface area contributed by atoms with Crippen LogP contribution in [0.1, 0.15) is 11.1 Å². The molecule has 188 valence electrons. The van der Waals surface area contributed by atoms with Gasteiger partial charge in [0.2, 0.25) is 11.6 Å². The highest BCUT2D eigenvalue weighted by Gasteiger charge is 2.36. The summed E-state index contributed by atoms with van der Waals surface area (Å²) < 4.78 is 98.2. The van der Waals surface area contributed by atoms with Gasteiger partial charge in [-0.2, -0.15) is 17.6 Å². The second-order valence-electron chi connectivity index (χ2n) is 7.68. The van der Waals surface area contributed by atoms with Crippen LogP contribution in [0.2, 0.25) is 0 Å². The highest BCUT2D eigenvalue weighted by molar-refractivity contribution is 5.87. The second-order valence-corrected chi connectivity index (χ2v) is 7.68. The van der Waals surface area contributed by atoms with E-state index in [1.807, 2.05) is 0 Å². The minimum absolute atomic E-state index is 0.0822. The summed E-state index contributed by atoms with van der Waals surface area (Å²) >= 11 is 0. The zero-order chi connectivity index (χ0) is 26.4. The zero-order valence-electron chi connectivity index (χ0n) is 18.9. The topological polar surface area (TPSA) is 60.6 Å². The van der Waals surface area contributed by atoms with Gasteiger partial charge in [0.1, 0.15) is 17.3 Å². The molecule has 3 aromatic carbocycles. The van der Waals surface area contributed by atoms with Crippen molar-refractivity contribution >= 4 is 10.9 Å². The van der Waals surface area contributed by atoms with Crippen LogP contribution < -0.4 is 19.6 Å². The van der Waals surface area contributed by atoms with Crippen molar-refractivity contribution in [2.24, 2.45) is 0 Å². The van der Waals surface area contributed by atoms with Crippen LogP contribution in [0.5, 0.6) is 23.0 Å². The fraction of sp³-hybridized carbons (Fsp3) is 0.160. The highest BCUT2D eigenvalue weighted by atomic mass is 19.4. The normalized spacial score (nSPS) is 11.6. The van der Waals surface area contributed by atoms with Crippen molar-refractivity contribution in [3.8, 4) is 34.3 Å². The average molecular weight is 509 g/mol. The summed E-state index contributed by atoms with van der Waals surface area (Å²) in [6.45, 7) is 1.65. The Labute approximate surface area is 199 Å². The summed E-state index contributed by atoms with van der Waals surface area (Å²) in [6.07, 6.45) is -5.09. The van der Waals surface area contributed by atoms with E-state index >= 15 is 0 Å². The third-order valence-electron chi connectivity index (χ3n) is 5.53. The van der Waals surface area contributed by atoms with E-state index in [0.717, 1.165) is 19.2 Å². The summed E-state index contributed by atoms with van der Waals surface area (Å²) in [5.74, 6) is -5.68. The minimum Gasteiger partial charge on any atom is -0.496 e. The monoisotopic (exact) mass is 509 g/mol. The molecule has 0 atom stereocenters. The molecule has 4 rings (SSSR count). The third-order valence-corrected chi connectivity index (χ3v) is 5.53. The molecule has 0 amide bonds. The standard InChI is InChI=1S/C25H17F6NO4/c1-11-19(34-2)7-5-16-22(11)18(33)10-17(32-16)12-8-15(27)13(25(29,30)31)9-21(12)36-20-6-4-14(26)23(28)24(20)35-3/h4-10H,1-3H3,(H,32,33). The lowest BCUT2D eigenvalue weighted by Crippen LogP contribution is -2.10. The van der Waals surface area contributed by atoms with Gasteiger partial charge in [-0.25, -0.2) is 8.78 Å². The molecule has 5 nitrogen and oxygen atoms in total. The zero-order valence-corrected chi connectivity index (χ0v) is 18.9. The van der Waals surface area contributed by atoms with Gasteiger partial charge in [0, 0.05) is 17.2 Å². The van der Waals surface area contributed by atoms with E-state index in [2.05, 4.69) is 4.98 Å². The maximum Gasteiger partial charge on any atom is 0.419 e. The molecule has 0 radical (unpaired) electrons. The molecular formula is C25H17F6NO4. The number of aromatic nitrogens is 1. The summed E-state index contributed by atoms with van der Waals surface area (Å²) in [4.78, 5) is 15.8. The number of aromatic amines is 1. The number of rotatable bonds is 5. The first-order valence-electron chi connectivity index (χ1n) is 10.3. The average Bonchev–Trinajstić information content (AvgIpc) is 2.81. The molecule has 4 aromatic rings. The number of ether oxygens (including phenoxy) is 3. The fourth-order valence-electron chi connectivity index (χ4n) is 3.83. The number of aryl methyl sites for hydroxylation is 1. The molecule has 0 aliphatic carbocycles. The van der Waals surface area contributed by atoms with Gasteiger partial charge in [-0.1, -0.05) is 0 Å². The molecule has 0 aliphatic rings. The lowest BCUT2D eigenvalue weighted by molar-refractivity contribution is -0.140. The number of alkyl halides is 3. The van der Waals surface area contributed by atoms with Crippen molar-refractivity contribution in [3.05, 3.63) is 81.3 Å². The number of pyridine rings is 1. The Balaban J connectivity index is 1.97. The first-order chi connectivity index (χ1) is 17.0. The summed E-state index contributed by atoms with van der Waals surface area (Å²) in [6, 6.07) is 6.70. The van der Waals surface area contributed by atoms with Crippen molar-refractivity contribution < 1.29 is 40.6 Å². The molecule has 0 aliphatic heterocycles. The number of methoxy groups -OCH3 is 2. The van der Waals surface area contributed by atoms with E-state index in [4.69, 9.17) is 14.2 Å². The van der Waals surface area contributed by atoms with Crippen molar-refractivity contribution in [1.82, 2.24) is 4.98 Å². The predicted molar refractivity (Wildman–Crippen MR) is 119 cm³/mol. The van der Waals surface area contributed by atoms with Gasteiger partial charge in [-0.3, -0.25) is 4.79 Å². The van der Waals surface area contributed by atoms with Gasteiger partial charge in [-0.15, -0.1) is 0 Å². The minimum atomic E-state index is -5.09. The van der Waals surface area contributed by atoms with Gasteiger partial charge in [0.05, 0.1) is 36.4 Å². The smallest absolute Gasteiger partial charge is 0.419 e. The quantitative estimate of drug-likeness (QED) is 0.303. The van der Waals surface area contributed by atoms with Crippen molar-refractivity contribution in [3.63, 3.8) is 0 Å². The van der Waals surface area contributed by atoms with Gasteiger partial charge in [0.15, 0.2) is 17.0 Å². The lowest BCUT2D eigenvalue weighted by atomic mass is 10.0. The maximum atomic E-state index is 14.6. The number of hydrogen-bond acceptors (Lipinski definition) is 4. The molecule has 1 heterocycles. The molecule has 1 N–H and O–H groups in total. The molecular weight excluding hydrogens is 492 g/mol. The van der Waals surface area contributed by atoms with Crippen molar-refractivity contribution in [2.75, 3.05) is 14.2 Å². The lowest BCUT2D eigenvalue weighted by Gasteiger charge is -2.18. The molecule has 0 bridgehead atoms. The van der Waals surface area contributed by atoms with Crippen LogP contribution in [-0.2, 0) is 6.18 Å². The maximum absolute atomic E-state index is 14.6. The van der Waals surface area contributed by atoms with E-state index in [9.17, 15) is 31.1 Å². The molecule has 1 aromatic heterocycles. The first kappa shape index (κ1) is 25.0. The molecule has 36 heavy (non-hydrogen) atoms. The van der Waals surface area contributed by atoms with Crippen LogP contribution in [0, 0.1) is 24.4 Å². The Morgan fingerprint density at radius 1 is 0.833 bits per heavy atom. The van der Waals surface area contributed by atoms with E-state index in [1.54, 1.807) is 13.0 Å². The number of benzene rings is 3. The SMILES string of the molecule is COc1ccc2[nH]c(-c3cc(F)c(C(F)(F)F)cc3Oc3ccc(F)c(F)c3OC)cc(=O)c2c1C. The van der Waals surface area contributed by atoms with E-state index in [0.29, 0.717) is 35.0 Å². The van der Waals surface area contributed by atoms with Crippen LogP contribution >= 0.6 is 0 Å². The van der Waals surface area contributed by atoms with E-state index in [-0.39, 0.29) is 16.6 Å². The second kappa shape index (κ2) is 9.14. The third kappa shape index (κ3) is 4.32. The number of nitrogens with one attached hydrogen (secondary N) is 1. The molecule has 11 heteroatoms. The van der Waals surface area contributed by atoms with Gasteiger partial charge in [-0.05, 0) is 43.3 Å². The number of hydrogen-bond donors (Lipinski definition) is 1. The van der Waals surface area contributed by atoms with Crippen LogP contribution in [0.4, 0.5) is 26.3 Å². The largest absolute Gasteiger partial charge is 0.496 e. The van der Waals surface area contributed by atoms with Crippen LogP contribution in [0.25, 0.3) is 22.2 Å². The number of H-pyrrole nitrogens is 1. The first-order valence-corrected chi connectivity index (χ1v) is 10.3. The van der Waals surface area contributed by atoms with Gasteiger partial charge in [0.25, 0.3) is 0 Å². The molecule has 0 saturated carbocycles. The van der Waals surface area contributed by atoms with Gasteiger partial charge >= 0.3 is 6.18 Å². The highest BCUT2D eigenvalue weighted by Crippen LogP contribution is 2.43. The van der Waals surface area contributed by atoms with E-state index in [1.165, 1.54) is 13.2 Å².